The van der Waals surface area contributed by atoms with Crippen molar-refractivity contribution in [3.05, 3.63) is 24.3 Å². The highest BCUT2D eigenvalue weighted by atomic mass is 127. The molecule has 1 rings (SSSR count). The summed E-state index contributed by atoms with van der Waals surface area (Å²) < 4.78 is 17.4. The fourth-order valence-corrected chi connectivity index (χ4v) is 2.15. The van der Waals surface area contributed by atoms with E-state index in [1.54, 1.807) is 12.1 Å². The van der Waals surface area contributed by atoms with Gasteiger partial charge in [0, 0.05) is 4.43 Å². The second-order valence-corrected chi connectivity index (χ2v) is 6.48. The lowest BCUT2D eigenvalue weighted by Gasteiger charge is -2.21. The van der Waals surface area contributed by atoms with Crippen LogP contribution in [0, 0.1) is 5.92 Å². The lowest BCUT2D eigenvalue weighted by atomic mass is 10.1. The molecule has 0 bridgehead atoms. The smallest absolute Gasteiger partial charge is 0.173 e. The second kappa shape index (κ2) is 11.0. The molecule has 0 heterocycles. The molecule has 2 atom stereocenters. The predicted molar refractivity (Wildman–Crippen MR) is 95.7 cm³/mol. The monoisotopic (exact) mass is 423 g/mol. The van der Waals surface area contributed by atoms with E-state index in [9.17, 15) is 5.11 Å². The Kier molecular flexibility index (Phi) is 9.77. The van der Waals surface area contributed by atoms with Gasteiger partial charge in [-0.15, -0.1) is 0 Å². The average molecular weight is 423 g/mol. The van der Waals surface area contributed by atoms with Gasteiger partial charge in [0.25, 0.3) is 0 Å². The molecule has 22 heavy (non-hydrogen) atoms. The van der Waals surface area contributed by atoms with Gasteiger partial charge < -0.3 is 19.3 Å². The quantitative estimate of drug-likeness (QED) is 0.248. The molecule has 0 saturated heterocycles. The molecule has 0 radical (unpaired) electrons. The Morgan fingerprint density at radius 1 is 1.09 bits per heavy atom. The molecule has 0 aliphatic heterocycles. The van der Waals surface area contributed by atoms with Gasteiger partial charge >= 0.3 is 0 Å². The van der Waals surface area contributed by atoms with E-state index in [1.807, 2.05) is 26.0 Å². The van der Waals surface area contributed by atoms with Crippen LogP contribution >= 0.6 is 22.6 Å². The Balaban J connectivity index is 2.34. The summed E-state index contributed by atoms with van der Waals surface area (Å²) in [5, 5.41) is 9.90. The van der Waals surface area contributed by atoms with Crippen molar-refractivity contribution in [3.8, 4) is 11.5 Å². The van der Waals surface area contributed by atoms with Crippen LogP contribution in [0.2, 0.25) is 0 Å². The molecule has 5 nitrogen and oxygen atoms in total. The molecule has 6 heteroatoms. The lowest BCUT2D eigenvalue weighted by Crippen LogP contribution is -2.40. The Hall–Kier alpha value is -0.570. The van der Waals surface area contributed by atoms with Crippen LogP contribution in [-0.2, 0) is 4.74 Å². The predicted octanol–water partition coefficient (Wildman–Crippen LogP) is 2.59. The summed E-state index contributed by atoms with van der Waals surface area (Å²) in [5.74, 6) is 1.74. The summed E-state index contributed by atoms with van der Waals surface area (Å²) in [5.41, 5.74) is 5.84. The third-order valence-electron chi connectivity index (χ3n) is 2.91. The number of rotatable bonds is 11. The largest absolute Gasteiger partial charge is 0.491 e. The third kappa shape index (κ3) is 8.17. The SMILES string of the molecule is CC(C)CC(O)C(N)Oc1ccc(OCCOCCI)cc1. The van der Waals surface area contributed by atoms with E-state index in [-0.39, 0.29) is 0 Å². The highest BCUT2D eigenvalue weighted by Gasteiger charge is 2.17. The van der Waals surface area contributed by atoms with Crippen molar-refractivity contribution < 1.29 is 19.3 Å². The van der Waals surface area contributed by atoms with Gasteiger partial charge in [0.05, 0.1) is 13.2 Å². The van der Waals surface area contributed by atoms with Gasteiger partial charge in [-0.3, -0.25) is 5.73 Å². The third-order valence-corrected chi connectivity index (χ3v) is 3.35. The summed E-state index contributed by atoms with van der Waals surface area (Å²) in [6.45, 7) is 5.90. The first-order valence-corrected chi connectivity index (χ1v) is 9.02. The first-order valence-electron chi connectivity index (χ1n) is 7.49. The fraction of sp³-hybridized carbons (Fsp3) is 0.625. The number of alkyl halides is 1. The maximum Gasteiger partial charge on any atom is 0.173 e. The number of halogens is 1. The number of ether oxygens (including phenoxy) is 3. The standard InChI is InChI=1S/C16H26INO4/c1-12(2)11-15(19)16(18)22-14-5-3-13(4-6-14)21-10-9-20-8-7-17/h3-6,12,15-16,19H,7-11,18H2,1-2H3. The Bertz CT molecular complexity index is 400. The Morgan fingerprint density at radius 3 is 2.32 bits per heavy atom. The van der Waals surface area contributed by atoms with E-state index in [1.165, 1.54) is 0 Å². The van der Waals surface area contributed by atoms with E-state index >= 15 is 0 Å². The number of nitrogens with two attached hydrogens (primary N) is 1. The molecule has 0 saturated carbocycles. The van der Waals surface area contributed by atoms with Crippen LogP contribution < -0.4 is 15.2 Å². The van der Waals surface area contributed by atoms with E-state index in [0.29, 0.717) is 31.3 Å². The Morgan fingerprint density at radius 2 is 1.73 bits per heavy atom. The molecule has 1 aromatic carbocycles. The van der Waals surface area contributed by atoms with Gasteiger partial charge in [0.15, 0.2) is 6.23 Å². The minimum atomic E-state index is -0.726. The first-order chi connectivity index (χ1) is 10.5. The molecule has 0 aromatic heterocycles. The number of hydrogen-bond donors (Lipinski definition) is 2. The molecular formula is C16H26INO4. The van der Waals surface area contributed by atoms with Crippen molar-refractivity contribution in [1.82, 2.24) is 0 Å². The van der Waals surface area contributed by atoms with E-state index in [0.717, 1.165) is 16.8 Å². The zero-order valence-corrected chi connectivity index (χ0v) is 15.4. The van der Waals surface area contributed by atoms with Crippen molar-refractivity contribution in [3.63, 3.8) is 0 Å². The lowest BCUT2D eigenvalue weighted by molar-refractivity contribution is 0.0268. The number of aliphatic hydroxyl groups excluding tert-OH is 1. The molecule has 126 valence electrons. The van der Waals surface area contributed by atoms with E-state index in [4.69, 9.17) is 19.9 Å². The molecule has 0 aliphatic rings. The highest BCUT2D eigenvalue weighted by molar-refractivity contribution is 14.1. The van der Waals surface area contributed by atoms with Gasteiger partial charge in [0.2, 0.25) is 0 Å². The summed E-state index contributed by atoms with van der Waals surface area (Å²) in [4.78, 5) is 0. The van der Waals surface area contributed by atoms with Gasteiger partial charge in [-0.05, 0) is 36.6 Å². The molecule has 3 N–H and O–H groups in total. The molecule has 2 unspecified atom stereocenters. The highest BCUT2D eigenvalue weighted by Crippen LogP contribution is 2.19. The minimum absolute atomic E-state index is 0.370. The van der Waals surface area contributed by atoms with Gasteiger partial charge in [0.1, 0.15) is 24.2 Å². The van der Waals surface area contributed by atoms with Crippen LogP contribution in [0.25, 0.3) is 0 Å². The fourth-order valence-electron chi connectivity index (χ4n) is 1.84. The zero-order chi connectivity index (χ0) is 16.4. The maximum atomic E-state index is 9.90. The Labute approximate surface area is 146 Å². The summed E-state index contributed by atoms with van der Waals surface area (Å²) >= 11 is 2.27. The van der Waals surface area contributed by atoms with Crippen molar-refractivity contribution in [2.45, 2.75) is 32.6 Å². The molecule has 0 amide bonds. The van der Waals surface area contributed by atoms with Crippen LogP contribution in [0.3, 0.4) is 0 Å². The van der Waals surface area contributed by atoms with E-state index < -0.39 is 12.3 Å². The van der Waals surface area contributed by atoms with Crippen LogP contribution in [0.4, 0.5) is 0 Å². The zero-order valence-electron chi connectivity index (χ0n) is 13.2. The van der Waals surface area contributed by atoms with Crippen LogP contribution in [0.5, 0.6) is 11.5 Å². The molecular weight excluding hydrogens is 397 g/mol. The van der Waals surface area contributed by atoms with E-state index in [2.05, 4.69) is 22.6 Å². The molecule has 0 fully saturated rings. The van der Waals surface area contributed by atoms with Gasteiger partial charge in [-0.1, -0.05) is 36.4 Å². The van der Waals surface area contributed by atoms with Crippen molar-refractivity contribution in [2.24, 2.45) is 11.7 Å². The van der Waals surface area contributed by atoms with Crippen LogP contribution in [0.15, 0.2) is 24.3 Å². The summed E-state index contributed by atoms with van der Waals surface area (Å²) in [7, 11) is 0. The van der Waals surface area contributed by atoms with Gasteiger partial charge in [-0.2, -0.15) is 0 Å². The van der Waals surface area contributed by atoms with Crippen molar-refractivity contribution in [2.75, 3.05) is 24.2 Å². The van der Waals surface area contributed by atoms with Crippen LogP contribution in [0.1, 0.15) is 20.3 Å². The van der Waals surface area contributed by atoms with Crippen molar-refractivity contribution in [1.29, 1.82) is 0 Å². The molecule has 1 aromatic rings. The topological polar surface area (TPSA) is 73.9 Å². The second-order valence-electron chi connectivity index (χ2n) is 5.40. The van der Waals surface area contributed by atoms with Crippen molar-refractivity contribution >= 4 is 22.6 Å². The van der Waals surface area contributed by atoms with Gasteiger partial charge in [-0.25, -0.2) is 0 Å². The molecule has 0 spiro atoms. The molecule has 0 aliphatic carbocycles. The number of hydrogen-bond acceptors (Lipinski definition) is 5. The minimum Gasteiger partial charge on any atom is -0.491 e. The first kappa shape index (κ1) is 19.5. The maximum absolute atomic E-state index is 9.90. The van der Waals surface area contributed by atoms with Crippen LogP contribution in [-0.4, -0.2) is 41.7 Å². The number of benzene rings is 1. The average Bonchev–Trinajstić information content (AvgIpc) is 2.48. The summed E-state index contributed by atoms with van der Waals surface area (Å²) in [6, 6.07) is 7.19. The normalized spacial score (nSPS) is 13.9. The summed E-state index contributed by atoms with van der Waals surface area (Å²) in [6.07, 6.45) is -0.790. The number of aliphatic hydroxyl groups is 1.